The SMILES string of the molecule is Cc1ccc(S(=O)(=O)N(CC(=O)NCc2ccccc2-n2ccnc2C)c2cccc(Cl)c2C)cc1. The van der Waals surface area contributed by atoms with E-state index in [4.69, 9.17) is 11.6 Å². The smallest absolute Gasteiger partial charge is 0.264 e. The summed E-state index contributed by atoms with van der Waals surface area (Å²) in [5.41, 5.74) is 3.63. The summed E-state index contributed by atoms with van der Waals surface area (Å²) in [7, 11) is -4.04. The molecule has 1 heterocycles. The predicted octanol–water partition coefficient (Wildman–Crippen LogP) is 4.96. The number of aromatic nitrogens is 2. The molecule has 0 fully saturated rings. The molecular formula is C27H27ClN4O3S. The van der Waals surface area contributed by atoms with E-state index in [-0.39, 0.29) is 11.4 Å². The molecule has 0 aliphatic rings. The van der Waals surface area contributed by atoms with E-state index >= 15 is 0 Å². The molecule has 9 heteroatoms. The molecule has 186 valence electrons. The van der Waals surface area contributed by atoms with Crippen molar-refractivity contribution >= 4 is 33.2 Å². The van der Waals surface area contributed by atoms with Gasteiger partial charge in [-0.1, -0.05) is 53.6 Å². The van der Waals surface area contributed by atoms with Crippen molar-refractivity contribution in [2.45, 2.75) is 32.2 Å². The predicted molar refractivity (Wildman–Crippen MR) is 142 cm³/mol. The maximum atomic E-state index is 13.7. The molecule has 36 heavy (non-hydrogen) atoms. The summed E-state index contributed by atoms with van der Waals surface area (Å²) >= 11 is 6.30. The highest BCUT2D eigenvalue weighted by Crippen LogP contribution is 2.31. The third-order valence-electron chi connectivity index (χ3n) is 5.96. The summed E-state index contributed by atoms with van der Waals surface area (Å²) in [6.45, 7) is 5.34. The number of rotatable bonds is 8. The molecule has 1 amide bonds. The number of aryl methyl sites for hydroxylation is 2. The van der Waals surface area contributed by atoms with Gasteiger partial charge in [0, 0.05) is 24.0 Å². The number of anilines is 1. The molecule has 0 aliphatic heterocycles. The highest BCUT2D eigenvalue weighted by molar-refractivity contribution is 7.92. The Hall–Kier alpha value is -3.62. The largest absolute Gasteiger partial charge is 0.350 e. The quantitative estimate of drug-likeness (QED) is 0.354. The highest BCUT2D eigenvalue weighted by Gasteiger charge is 2.28. The number of amides is 1. The van der Waals surface area contributed by atoms with Crippen LogP contribution < -0.4 is 9.62 Å². The molecule has 0 atom stereocenters. The summed E-state index contributed by atoms with van der Waals surface area (Å²) < 4.78 is 30.4. The minimum absolute atomic E-state index is 0.0983. The Balaban J connectivity index is 1.62. The first-order valence-electron chi connectivity index (χ1n) is 11.4. The molecule has 4 aromatic rings. The topological polar surface area (TPSA) is 84.3 Å². The van der Waals surface area contributed by atoms with Gasteiger partial charge in [-0.05, 0) is 62.2 Å². The van der Waals surface area contributed by atoms with Crippen molar-refractivity contribution in [2.24, 2.45) is 0 Å². The number of carbonyl (C=O) groups excluding carboxylic acids is 1. The molecule has 0 saturated heterocycles. The van der Waals surface area contributed by atoms with Crippen LogP contribution in [0.25, 0.3) is 5.69 Å². The summed E-state index contributed by atoms with van der Waals surface area (Å²) in [6.07, 6.45) is 3.57. The second-order valence-corrected chi connectivity index (χ2v) is 10.7. The molecule has 0 radical (unpaired) electrons. The molecule has 0 unspecified atom stereocenters. The third-order valence-corrected chi connectivity index (χ3v) is 8.14. The average Bonchev–Trinajstić information content (AvgIpc) is 3.29. The average molecular weight is 523 g/mol. The first-order chi connectivity index (χ1) is 17.2. The minimum Gasteiger partial charge on any atom is -0.350 e. The molecule has 1 N–H and O–H groups in total. The number of para-hydroxylation sites is 1. The molecule has 3 aromatic carbocycles. The van der Waals surface area contributed by atoms with E-state index in [0.29, 0.717) is 16.3 Å². The van der Waals surface area contributed by atoms with Crippen LogP contribution in [0.3, 0.4) is 0 Å². The van der Waals surface area contributed by atoms with Crippen LogP contribution in [-0.4, -0.2) is 30.4 Å². The number of nitrogens with one attached hydrogen (secondary N) is 1. The maximum absolute atomic E-state index is 13.7. The van der Waals surface area contributed by atoms with Gasteiger partial charge in [0.2, 0.25) is 5.91 Å². The van der Waals surface area contributed by atoms with Gasteiger partial charge >= 0.3 is 0 Å². The molecule has 0 saturated carbocycles. The van der Waals surface area contributed by atoms with Crippen molar-refractivity contribution < 1.29 is 13.2 Å². The Morgan fingerprint density at radius 1 is 1.00 bits per heavy atom. The van der Waals surface area contributed by atoms with Gasteiger partial charge < -0.3 is 9.88 Å². The zero-order valence-corrected chi connectivity index (χ0v) is 21.8. The minimum atomic E-state index is -4.04. The van der Waals surface area contributed by atoms with Gasteiger partial charge in [-0.25, -0.2) is 13.4 Å². The Labute approximate surface area is 216 Å². The Morgan fingerprint density at radius 2 is 1.72 bits per heavy atom. The van der Waals surface area contributed by atoms with Gasteiger partial charge in [0.05, 0.1) is 16.3 Å². The maximum Gasteiger partial charge on any atom is 0.264 e. The van der Waals surface area contributed by atoms with E-state index in [9.17, 15) is 13.2 Å². The molecule has 0 bridgehead atoms. The van der Waals surface area contributed by atoms with Gasteiger partial charge in [0.1, 0.15) is 12.4 Å². The first-order valence-corrected chi connectivity index (χ1v) is 13.2. The fourth-order valence-corrected chi connectivity index (χ4v) is 5.56. The zero-order chi connectivity index (χ0) is 25.9. The second-order valence-electron chi connectivity index (χ2n) is 8.46. The summed E-state index contributed by atoms with van der Waals surface area (Å²) in [6, 6.07) is 19.2. The van der Waals surface area contributed by atoms with Crippen LogP contribution in [0.2, 0.25) is 5.02 Å². The number of halogens is 1. The standard InChI is InChI=1S/C27H27ClN4O3S/c1-19-11-13-23(14-12-19)36(34,35)32(25-10-6-8-24(28)20(25)2)18-27(33)30-17-22-7-4-5-9-26(22)31-16-15-29-21(31)3/h4-16H,17-18H2,1-3H3,(H,30,33). The number of carbonyl (C=O) groups is 1. The van der Waals surface area contributed by atoms with Crippen molar-refractivity contribution in [1.82, 2.24) is 14.9 Å². The van der Waals surface area contributed by atoms with Crippen molar-refractivity contribution in [3.05, 3.63) is 107 Å². The second kappa shape index (κ2) is 10.6. The first kappa shape index (κ1) is 25.5. The monoisotopic (exact) mass is 522 g/mol. The zero-order valence-electron chi connectivity index (χ0n) is 20.3. The molecule has 7 nitrogen and oxygen atoms in total. The van der Waals surface area contributed by atoms with E-state index in [2.05, 4.69) is 10.3 Å². The van der Waals surface area contributed by atoms with Crippen molar-refractivity contribution in [3.8, 4) is 5.69 Å². The Bertz CT molecular complexity index is 1500. The van der Waals surface area contributed by atoms with Crippen LogP contribution >= 0.6 is 11.6 Å². The third kappa shape index (κ3) is 5.29. The van der Waals surface area contributed by atoms with E-state index in [1.54, 1.807) is 55.6 Å². The molecule has 4 rings (SSSR count). The van der Waals surface area contributed by atoms with E-state index in [1.807, 2.05) is 48.9 Å². The molecule has 0 spiro atoms. The summed E-state index contributed by atoms with van der Waals surface area (Å²) in [4.78, 5) is 17.5. The molecule has 1 aromatic heterocycles. The van der Waals surface area contributed by atoms with Crippen LogP contribution in [0.5, 0.6) is 0 Å². The lowest BCUT2D eigenvalue weighted by Gasteiger charge is -2.26. The van der Waals surface area contributed by atoms with Gasteiger partial charge in [-0.2, -0.15) is 0 Å². The highest BCUT2D eigenvalue weighted by atomic mass is 35.5. The van der Waals surface area contributed by atoms with Gasteiger partial charge in [0.25, 0.3) is 10.0 Å². The van der Waals surface area contributed by atoms with Gasteiger partial charge in [-0.15, -0.1) is 0 Å². The van der Waals surface area contributed by atoms with E-state index in [1.165, 1.54) is 0 Å². The van der Waals surface area contributed by atoms with Crippen LogP contribution in [0.4, 0.5) is 5.69 Å². The Morgan fingerprint density at radius 3 is 2.42 bits per heavy atom. The van der Waals surface area contributed by atoms with Crippen LogP contribution in [0.15, 0.2) is 84.0 Å². The van der Waals surface area contributed by atoms with E-state index < -0.39 is 22.5 Å². The van der Waals surface area contributed by atoms with Crippen LogP contribution in [0.1, 0.15) is 22.5 Å². The van der Waals surface area contributed by atoms with E-state index in [0.717, 1.165) is 26.9 Å². The molecular weight excluding hydrogens is 496 g/mol. The lowest BCUT2D eigenvalue weighted by atomic mass is 10.1. The van der Waals surface area contributed by atoms with Gasteiger partial charge in [-0.3, -0.25) is 9.10 Å². The Kier molecular flexibility index (Phi) is 7.47. The lowest BCUT2D eigenvalue weighted by Crippen LogP contribution is -2.41. The number of imidazole rings is 1. The van der Waals surface area contributed by atoms with Crippen LogP contribution in [-0.2, 0) is 21.4 Å². The van der Waals surface area contributed by atoms with Gasteiger partial charge in [0.15, 0.2) is 0 Å². The van der Waals surface area contributed by atoms with Crippen molar-refractivity contribution in [2.75, 3.05) is 10.8 Å². The normalized spacial score (nSPS) is 11.3. The number of sulfonamides is 1. The lowest BCUT2D eigenvalue weighted by molar-refractivity contribution is -0.119. The number of hydrogen-bond acceptors (Lipinski definition) is 4. The molecule has 0 aliphatic carbocycles. The van der Waals surface area contributed by atoms with Crippen molar-refractivity contribution in [3.63, 3.8) is 0 Å². The fourth-order valence-electron chi connectivity index (χ4n) is 3.91. The summed E-state index contributed by atoms with van der Waals surface area (Å²) in [5.74, 6) is 0.378. The number of nitrogens with zero attached hydrogens (tertiary/aromatic N) is 3. The number of benzene rings is 3. The fraction of sp³-hybridized carbons (Fsp3) is 0.185. The van der Waals surface area contributed by atoms with Crippen LogP contribution in [0, 0.1) is 20.8 Å². The van der Waals surface area contributed by atoms with Crippen molar-refractivity contribution in [1.29, 1.82) is 0 Å². The summed E-state index contributed by atoms with van der Waals surface area (Å²) in [5, 5.41) is 3.29. The number of hydrogen-bond donors (Lipinski definition) is 1.